The third kappa shape index (κ3) is 2.48. The number of rotatable bonds is 2. The summed E-state index contributed by atoms with van der Waals surface area (Å²) in [6.07, 6.45) is -0.871. The van der Waals surface area contributed by atoms with Gasteiger partial charge in [0.1, 0.15) is 0 Å². The Balaban J connectivity index is 1.83. The Morgan fingerprint density at radius 2 is 2.30 bits per heavy atom. The molecular weight excluding hydrogens is 274 g/mol. The molecule has 0 unspecified atom stereocenters. The van der Waals surface area contributed by atoms with E-state index in [9.17, 15) is 9.90 Å². The Labute approximate surface area is 121 Å². The summed E-state index contributed by atoms with van der Waals surface area (Å²) in [5, 5.41) is 13.6. The van der Waals surface area contributed by atoms with Crippen molar-refractivity contribution < 1.29 is 9.90 Å². The van der Waals surface area contributed by atoms with Crippen LogP contribution in [0, 0.1) is 12.8 Å². The van der Waals surface area contributed by atoms with Crippen molar-refractivity contribution in [3.05, 3.63) is 28.8 Å². The zero-order chi connectivity index (χ0) is 14.3. The molecule has 5 nitrogen and oxygen atoms in total. The first kappa shape index (κ1) is 13.3. The molecule has 0 radical (unpaired) electrons. The number of hydrogen-bond acceptors (Lipinski definition) is 4. The van der Waals surface area contributed by atoms with Crippen LogP contribution in [0.15, 0.2) is 18.2 Å². The van der Waals surface area contributed by atoms with E-state index in [2.05, 4.69) is 18.0 Å². The van der Waals surface area contributed by atoms with Gasteiger partial charge in [0.25, 0.3) is 0 Å². The van der Waals surface area contributed by atoms with E-state index in [1.54, 1.807) is 11.3 Å². The average molecular weight is 291 g/mol. The largest absolute Gasteiger partial charge is 0.464 e. The van der Waals surface area contributed by atoms with Crippen LogP contribution in [0.2, 0.25) is 0 Å². The minimum Gasteiger partial charge on any atom is -0.464 e. The molecule has 20 heavy (non-hydrogen) atoms. The van der Waals surface area contributed by atoms with E-state index in [1.807, 2.05) is 24.1 Å². The van der Waals surface area contributed by atoms with Crippen molar-refractivity contribution in [2.24, 2.45) is 5.92 Å². The van der Waals surface area contributed by atoms with E-state index in [0.29, 0.717) is 19.0 Å². The Hall–Kier alpha value is -1.66. The molecule has 1 N–H and O–H groups in total. The van der Waals surface area contributed by atoms with E-state index in [4.69, 9.17) is 0 Å². The molecule has 1 aliphatic rings. The van der Waals surface area contributed by atoms with Gasteiger partial charge in [-0.3, -0.25) is 0 Å². The number of benzene rings is 1. The molecule has 1 atom stereocenters. The molecule has 0 saturated carbocycles. The van der Waals surface area contributed by atoms with Crippen LogP contribution in [0.5, 0.6) is 0 Å². The zero-order valence-electron chi connectivity index (χ0n) is 11.5. The van der Waals surface area contributed by atoms with Crippen LogP contribution in [0.1, 0.15) is 17.5 Å². The molecule has 1 aromatic carbocycles. The normalized spacial score (nSPS) is 19.9. The van der Waals surface area contributed by atoms with Crippen LogP contribution < -0.4 is 0 Å². The molecule has 1 aliphatic heterocycles. The number of fused-ring (bicyclic) bond motifs is 1. The summed E-state index contributed by atoms with van der Waals surface area (Å²) in [5.41, 5.74) is 2.14. The van der Waals surface area contributed by atoms with Crippen LogP contribution in [0.25, 0.3) is 10.2 Å². The summed E-state index contributed by atoms with van der Waals surface area (Å²) >= 11 is 1.67. The van der Waals surface area contributed by atoms with E-state index in [-0.39, 0.29) is 0 Å². The summed E-state index contributed by atoms with van der Waals surface area (Å²) in [5.74, 6) is 0.375. The molecule has 6 heteroatoms. The lowest BCUT2D eigenvalue weighted by molar-refractivity contribution is 0.0268. The molecule has 1 aromatic heterocycles. The Morgan fingerprint density at radius 3 is 3.05 bits per heavy atom. The van der Waals surface area contributed by atoms with Crippen molar-refractivity contribution in [1.82, 2.24) is 15.0 Å². The number of hydrazine groups is 1. The second kappa shape index (κ2) is 5.03. The third-order valence-electron chi connectivity index (χ3n) is 3.49. The highest BCUT2D eigenvalue weighted by atomic mass is 32.1. The molecular formula is C14H17N3O2S. The molecule has 0 aliphatic carbocycles. The lowest BCUT2D eigenvalue weighted by Gasteiger charge is -2.25. The molecule has 1 fully saturated rings. The lowest BCUT2D eigenvalue weighted by atomic mass is 10.2. The summed E-state index contributed by atoms with van der Waals surface area (Å²) in [6, 6.07) is 6.16. The molecule has 1 amide bonds. The molecule has 1 saturated heterocycles. The number of aryl methyl sites for hydroxylation is 1. The van der Waals surface area contributed by atoms with Gasteiger partial charge in [-0.05, 0) is 30.5 Å². The summed E-state index contributed by atoms with van der Waals surface area (Å²) < 4.78 is 1.16. The fourth-order valence-electron chi connectivity index (χ4n) is 2.67. The minimum atomic E-state index is -0.871. The van der Waals surface area contributed by atoms with Gasteiger partial charge in [-0.1, -0.05) is 13.0 Å². The topological polar surface area (TPSA) is 56.7 Å². The fourth-order valence-corrected chi connectivity index (χ4v) is 3.56. The third-order valence-corrected chi connectivity index (χ3v) is 4.43. The first-order valence-electron chi connectivity index (χ1n) is 6.64. The first-order chi connectivity index (χ1) is 9.52. The van der Waals surface area contributed by atoms with Gasteiger partial charge in [0.2, 0.25) is 0 Å². The van der Waals surface area contributed by atoms with Crippen molar-refractivity contribution >= 4 is 27.6 Å². The SMILES string of the molecule is Cc1nc2ccc(CN3C[C@@H](C)CN3C(=O)O)cc2s1. The number of amides is 1. The zero-order valence-corrected chi connectivity index (χ0v) is 12.4. The highest BCUT2D eigenvalue weighted by molar-refractivity contribution is 7.18. The number of carboxylic acid groups (broad SMARTS) is 1. The summed E-state index contributed by atoms with van der Waals surface area (Å²) in [4.78, 5) is 15.7. The van der Waals surface area contributed by atoms with E-state index in [0.717, 1.165) is 27.3 Å². The predicted molar refractivity (Wildman–Crippen MR) is 78.7 cm³/mol. The first-order valence-corrected chi connectivity index (χ1v) is 7.46. The van der Waals surface area contributed by atoms with Crippen LogP contribution in [-0.4, -0.2) is 39.3 Å². The fraction of sp³-hybridized carbons (Fsp3) is 0.429. The molecule has 3 rings (SSSR count). The molecule has 2 aromatic rings. The van der Waals surface area contributed by atoms with Crippen molar-refractivity contribution in [3.63, 3.8) is 0 Å². The average Bonchev–Trinajstić information content (AvgIpc) is 2.91. The second-order valence-electron chi connectivity index (χ2n) is 5.35. The highest BCUT2D eigenvalue weighted by Crippen LogP contribution is 2.25. The van der Waals surface area contributed by atoms with Crippen LogP contribution >= 0.6 is 11.3 Å². The van der Waals surface area contributed by atoms with Gasteiger partial charge in [-0.25, -0.2) is 19.8 Å². The smallest absolute Gasteiger partial charge is 0.422 e. The van der Waals surface area contributed by atoms with E-state index >= 15 is 0 Å². The maximum Gasteiger partial charge on any atom is 0.422 e. The molecule has 2 heterocycles. The quantitative estimate of drug-likeness (QED) is 0.924. The Kier molecular flexibility index (Phi) is 3.35. The Morgan fingerprint density at radius 1 is 1.50 bits per heavy atom. The minimum absolute atomic E-state index is 0.375. The lowest BCUT2D eigenvalue weighted by Crippen LogP contribution is -2.39. The van der Waals surface area contributed by atoms with Gasteiger partial charge < -0.3 is 5.11 Å². The van der Waals surface area contributed by atoms with Gasteiger partial charge in [0, 0.05) is 19.6 Å². The molecule has 0 bridgehead atoms. The summed E-state index contributed by atoms with van der Waals surface area (Å²) in [7, 11) is 0. The predicted octanol–water partition coefficient (Wildman–Crippen LogP) is 2.95. The van der Waals surface area contributed by atoms with Gasteiger partial charge in [-0.2, -0.15) is 0 Å². The standard InChI is InChI=1S/C14H17N3O2S/c1-9-6-16(17(7-9)14(18)19)8-11-3-4-12-13(5-11)20-10(2)15-12/h3-5,9H,6-8H2,1-2H3,(H,18,19)/t9-/m1/s1. The molecule has 106 valence electrons. The number of aromatic nitrogens is 1. The maximum atomic E-state index is 11.2. The van der Waals surface area contributed by atoms with Crippen molar-refractivity contribution in [1.29, 1.82) is 0 Å². The molecule has 0 spiro atoms. The van der Waals surface area contributed by atoms with Crippen molar-refractivity contribution in [3.8, 4) is 0 Å². The van der Waals surface area contributed by atoms with Crippen molar-refractivity contribution in [2.45, 2.75) is 20.4 Å². The second-order valence-corrected chi connectivity index (χ2v) is 6.59. The van der Waals surface area contributed by atoms with Gasteiger partial charge in [0.05, 0.1) is 15.2 Å². The van der Waals surface area contributed by atoms with Crippen LogP contribution in [0.4, 0.5) is 4.79 Å². The monoisotopic (exact) mass is 291 g/mol. The van der Waals surface area contributed by atoms with E-state index < -0.39 is 6.09 Å². The van der Waals surface area contributed by atoms with Crippen LogP contribution in [0.3, 0.4) is 0 Å². The summed E-state index contributed by atoms with van der Waals surface area (Å²) in [6.45, 7) is 6.07. The van der Waals surface area contributed by atoms with Gasteiger partial charge in [0.15, 0.2) is 0 Å². The number of thiazole rings is 1. The Bertz CT molecular complexity index is 655. The maximum absolute atomic E-state index is 11.2. The van der Waals surface area contributed by atoms with E-state index in [1.165, 1.54) is 5.01 Å². The number of hydrogen-bond donors (Lipinski definition) is 1. The van der Waals surface area contributed by atoms with Crippen molar-refractivity contribution in [2.75, 3.05) is 13.1 Å². The van der Waals surface area contributed by atoms with Crippen LogP contribution in [-0.2, 0) is 6.54 Å². The van der Waals surface area contributed by atoms with Gasteiger partial charge in [-0.15, -0.1) is 11.3 Å². The highest BCUT2D eigenvalue weighted by Gasteiger charge is 2.30. The number of nitrogens with zero attached hydrogens (tertiary/aromatic N) is 3. The number of carbonyl (C=O) groups is 1. The van der Waals surface area contributed by atoms with Gasteiger partial charge >= 0.3 is 6.09 Å².